The van der Waals surface area contributed by atoms with E-state index in [2.05, 4.69) is 9.97 Å². The van der Waals surface area contributed by atoms with Gasteiger partial charge in [-0.3, -0.25) is 19.5 Å². The Hall–Kier alpha value is -3.02. The van der Waals surface area contributed by atoms with Crippen LogP contribution in [0.2, 0.25) is 0 Å². The summed E-state index contributed by atoms with van der Waals surface area (Å²) >= 11 is 0. The summed E-state index contributed by atoms with van der Waals surface area (Å²) in [6.45, 7) is 5.09. The number of nitrogens with zero attached hydrogens (tertiary/aromatic N) is 4. The van der Waals surface area contributed by atoms with E-state index >= 15 is 0 Å². The van der Waals surface area contributed by atoms with Crippen LogP contribution in [0.5, 0.6) is 0 Å². The number of aromatic nitrogens is 3. The molecule has 0 spiro atoms. The fraction of sp³-hybridized carbons (Fsp3) is 0.300. The number of aryl methyl sites for hydroxylation is 1. The first-order valence-electron chi connectivity index (χ1n) is 8.82. The minimum absolute atomic E-state index is 0.0657. The summed E-state index contributed by atoms with van der Waals surface area (Å²) in [7, 11) is 0. The Labute approximate surface area is 151 Å². The molecule has 6 nitrogen and oxygen atoms in total. The molecule has 1 aliphatic heterocycles. The third-order valence-electron chi connectivity index (χ3n) is 4.74. The van der Waals surface area contributed by atoms with Gasteiger partial charge < -0.3 is 4.57 Å². The number of fused-ring (bicyclic) bond motifs is 3. The number of amides is 2. The van der Waals surface area contributed by atoms with Gasteiger partial charge in [-0.05, 0) is 18.4 Å². The average molecular weight is 348 g/mol. The smallest absolute Gasteiger partial charge is 0.263 e. The molecule has 0 saturated heterocycles. The van der Waals surface area contributed by atoms with E-state index in [1.54, 1.807) is 12.5 Å². The maximum atomic E-state index is 13.0. The molecule has 0 radical (unpaired) electrons. The number of carbonyl (C=O) groups excluding carboxylic acids is 2. The van der Waals surface area contributed by atoms with Crippen LogP contribution in [0.15, 0.2) is 43.0 Å². The van der Waals surface area contributed by atoms with Crippen molar-refractivity contribution in [2.75, 3.05) is 6.54 Å². The van der Waals surface area contributed by atoms with Crippen LogP contribution in [0.25, 0.3) is 10.9 Å². The molecular weight excluding hydrogens is 328 g/mol. The summed E-state index contributed by atoms with van der Waals surface area (Å²) in [6.07, 6.45) is 6.01. The van der Waals surface area contributed by atoms with Gasteiger partial charge in [0.1, 0.15) is 0 Å². The second-order valence-corrected chi connectivity index (χ2v) is 6.83. The van der Waals surface area contributed by atoms with Crippen LogP contribution in [0, 0.1) is 0 Å². The lowest BCUT2D eigenvalue weighted by Gasteiger charge is -2.14. The lowest BCUT2D eigenvalue weighted by atomic mass is 9.97. The van der Waals surface area contributed by atoms with E-state index < -0.39 is 0 Å². The number of hydrogen-bond donors (Lipinski definition) is 0. The molecule has 0 unspecified atom stereocenters. The van der Waals surface area contributed by atoms with E-state index in [0.717, 1.165) is 10.9 Å². The van der Waals surface area contributed by atoms with E-state index in [-0.39, 0.29) is 17.7 Å². The van der Waals surface area contributed by atoms with Crippen molar-refractivity contribution in [3.8, 4) is 0 Å². The zero-order valence-electron chi connectivity index (χ0n) is 14.8. The second-order valence-electron chi connectivity index (χ2n) is 6.83. The first kappa shape index (κ1) is 16.4. The maximum absolute atomic E-state index is 13.0. The lowest BCUT2D eigenvalue weighted by molar-refractivity contribution is 0.0651. The molecule has 0 fully saturated rings. The van der Waals surface area contributed by atoms with Crippen molar-refractivity contribution in [1.29, 1.82) is 0 Å². The Morgan fingerprint density at radius 2 is 1.81 bits per heavy atom. The van der Waals surface area contributed by atoms with Crippen LogP contribution >= 0.6 is 0 Å². The van der Waals surface area contributed by atoms with Crippen molar-refractivity contribution in [3.05, 3.63) is 59.8 Å². The predicted octanol–water partition coefficient (Wildman–Crippen LogP) is 3.24. The standard InChI is InChI=1S/C20H20N4O2/c1-13(2)18-17-16(14-6-3-4-7-15(14)22-18)19(25)24(20(17)26)10-5-9-23-11-8-21-12-23/h3-4,6-8,11-13H,5,9-10H2,1-2H3. The van der Waals surface area contributed by atoms with Crippen LogP contribution in [0.3, 0.4) is 0 Å². The Morgan fingerprint density at radius 1 is 1.04 bits per heavy atom. The van der Waals surface area contributed by atoms with Gasteiger partial charge in [0, 0.05) is 30.9 Å². The van der Waals surface area contributed by atoms with Crippen LogP contribution in [-0.2, 0) is 6.54 Å². The summed E-state index contributed by atoms with van der Waals surface area (Å²) < 4.78 is 1.94. The molecule has 3 aromatic rings. The molecule has 132 valence electrons. The number of hydrogen-bond acceptors (Lipinski definition) is 4. The van der Waals surface area contributed by atoms with E-state index in [1.807, 2.05) is 48.9 Å². The zero-order chi connectivity index (χ0) is 18.3. The molecule has 1 aliphatic rings. The van der Waals surface area contributed by atoms with Crippen molar-refractivity contribution in [3.63, 3.8) is 0 Å². The number of imide groups is 1. The average Bonchev–Trinajstić information content (AvgIpc) is 3.23. The van der Waals surface area contributed by atoms with Gasteiger partial charge >= 0.3 is 0 Å². The third-order valence-corrected chi connectivity index (χ3v) is 4.74. The van der Waals surface area contributed by atoms with Gasteiger partial charge in [-0.1, -0.05) is 32.0 Å². The Balaban J connectivity index is 1.70. The molecule has 0 N–H and O–H groups in total. The Morgan fingerprint density at radius 3 is 2.54 bits per heavy atom. The number of imidazole rings is 1. The highest BCUT2D eigenvalue weighted by Gasteiger charge is 2.39. The topological polar surface area (TPSA) is 68.1 Å². The van der Waals surface area contributed by atoms with Crippen molar-refractivity contribution in [2.24, 2.45) is 0 Å². The normalized spacial score (nSPS) is 13.9. The van der Waals surface area contributed by atoms with Crippen LogP contribution in [0.4, 0.5) is 0 Å². The molecule has 4 rings (SSSR count). The molecule has 0 atom stereocenters. The number of pyridine rings is 1. The molecule has 0 bridgehead atoms. The predicted molar refractivity (Wildman–Crippen MR) is 98.0 cm³/mol. The van der Waals surface area contributed by atoms with Gasteiger partial charge in [-0.25, -0.2) is 4.98 Å². The van der Waals surface area contributed by atoms with Crippen molar-refractivity contribution in [1.82, 2.24) is 19.4 Å². The van der Waals surface area contributed by atoms with Gasteiger partial charge in [0.05, 0.1) is 28.7 Å². The molecule has 2 amide bonds. The Bertz CT molecular complexity index is 992. The van der Waals surface area contributed by atoms with Crippen molar-refractivity contribution in [2.45, 2.75) is 32.7 Å². The summed E-state index contributed by atoms with van der Waals surface area (Å²) in [5.41, 5.74) is 2.45. The first-order valence-corrected chi connectivity index (χ1v) is 8.82. The first-order chi connectivity index (χ1) is 12.6. The van der Waals surface area contributed by atoms with Crippen LogP contribution < -0.4 is 0 Å². The molecule has 26 heavy (non-hydrogen) atoms. The highest BCUT2D eigenvalue weighted by molar-refractivity contribution is 6.26. The monoisotopic (exact) mass is 348 g/mol. The maximum Gasteiger partial charge on any atom is 0.263 e. The Kier molecular flexibility index (Phi) is 4.03. The molecule has 2 aromatic heterocycles. The zero-order valence-corrected chi connectivity index (χ0v) is 14.8. The molecule has 6 heteroatoms. The largest absolute Gasteiger partial charge is 0.337 e. The van der Waals surface area contributed by atoms with Gasteiger partial charge in [-0.2, -0.15) is 0 Å². The second kappa shape index (κ2) is 6.37. The van der Waals surface area contributed by atoms with E-state index in [0.29, 0.717) is 36.3 Å². The number of rotatable bonds is 5. The summed E-state index contributed by atoms with van der Waals surface area (Å²) in [5, 5.41) is 0.752. The minimum atomic E-state index is -0.224. The van der Waals surface area contributed by atoms with E-state index in [1.165, 1.54) is 4.90 Å². The van der Waals surface area contributed by atoms with Crippen LogP contribution in [0.1, 0.15) is 52.6 Å². The molecular formula is C20H20N4O2. The number of carbonyl (C=O) groups is 2. The summed E-state index contributed by atoms with van der Waals surface area (Å²) in [4.78, 5) is 36.1. The third kappa shape index (κ3) is 2.58. The van der Waals surface area contributed by atoms with E-state index in [4.69, 9.17) is 0 Å². The SMILES string of the molecule is CC(C)c1nc2ccccc2c2c1C(=O)N(CCCn1ccnc1)C2=O. The highest BCUT2D eigenvalue weighted by Crippen LogP contribution is 2.34. The van der Waals surface area contributed by atoms with E-state index in [9.17, 15) is 9.59 Å². The van der Waals surface area contributed by atoms with Gasteiger partial charge in [0.15, 0.2) is 0 Å². The fourth-order valence-corrected chi connectivity index (χ4v) is 3.48. The minimum Gasteiger partial charge on any atom is -0.337 e. The molecule has 1 aromatic carbocycles. The van der Waals surface area contributed by atoms with Gasteiger partial charge in [0.25, 0.3) is 11.8 Å². The highest BCUT2D eigenvalue weighted by atomic mass is 16.2. The van der Waals surface area contributed by atoms with Gasteiger partial charge in [-0.15, -0.1) is 0 Å². The summed E-state index contributed by atoms with van der Waals surface area (Å²) in [5.74, 6) is -0.371. The van der Waals surface area contributed by atoms with Crippen molar-refractivity contribution < 1.29 is 9.59 Å². The lowest BCUT2D eigenvalue weighted by Crippen LogP contribution is -2.31. The molecule has 0 aliphatic carbocycles. The number of benzene rings is 1. The summed E-state index contributed by atoms with van der Waals surface area (Å²) in [6, 6.07) is 7.53. The van der Waals surface area contributed by atoms with Crippen LogP contribution in [-0.4, -0.2) is 37.8 Å². The fourth-order valence-electron chi connectivity index (χ4n) is 3.48. The van der Waals surface area contributed by atoms with Gasteiger partial charge in [0.2, 0.25) is 0 Å². The van der Waals surface area contributed by atoms with Crippen molar-refractivity contribution >= 4 is 22.7 Å². The quantitative estimate of drug-likeness (QED) is 0.664. The molecule has 0 saturated carbocycles. The molecule has 3 heterocycles. The number of para-hydroxylation sites is 1.